The molecule has 1 aliphatic carbocycles. The molecule has 2 fully saturated rings. The van der Waals surface area contributed by atoms with Crippen LogP contribution in [-0.2, 0) is 4.79 Å². The van der Waals surface area contributed by atoms with E-state index in [1.807, 2.05) is 25.7 Å². The maximum absolute atomic E-state index is 13.2. The van der Waals surface area contributed by atoms with Crippen molar-refractivity contribution >= 4 is 17.4 Å². The van der Waals surface area contributed by atoms with Gasteiger partial charge in [-0.2, -0.15) is 28.0 Å². The third-order valence-corrected chi connectivity index (χ3v) is 7.77. The zero-order valence-corrected chi connectivity index (χ0v) is 20.6. The predicted molar refractivity (Wildman–Crippen MR) is 124 cm³/mol. The molecule has 0 spiro atoms. The predicted octanol–water partition coefficient (Wildman–Crippen LogP) is 5.56. The molecule has 2 aromatic heterocycles. The Morgan fingerprint density at radius 3 is 2.46 bits per heavy atom. The molecule has 1 aliphatic heterocycles. The van der Waals surface area contributed by atoms with Crippen molar-refractivity contribution in [2.75, 3.05) is 18.0 Å². The Kier molecular flexibility index (Phi) is 6.49. The van der Waals surface area contributed by atoms with E-state index >= 15 is 0 Å². The van der Waals surface area contributed by atoms with Gasteiger partial charge in [0.05, 0.1) is 17.0 Å². The van der Waals surface area contributed by atoms with Crippen molar-refractivity contribution < 1.29 is 23.1 Å². The number of hydrogen-bond acceptors (Lipinski definition) is 5. The number of aromatic nitrogens is 3. The van der Waals surface area contributed by atoms with Gasteiger partial charge in [-0.05, 0) is 58.3 Å². The molecule has 1 atom stereocenters. The van der Waals surface area contributed by atoms with Crippen molar-refractivity contribution in [3.63, 3.8) is 0 Å². The first-order valence-electron chi connectivity index (χ1n) is 12.3. The van der Waals surface area contributed by atoms with E-state index in [9.17, 15) is 28.3 Å². The summed E-state index contributed by atoms with van der Waals surface area (Å²) in [5.74, 6) is -1.60. The lowest BCUT2D eigenvalue weighted by Gasteiger charge is -2.40. The van der Waals surface area contributed by atoms with Gasteiger partial charge >= 0.3 is 12.1 Å². The number of alkyl halides is 3. The molecule has 7 nitrogen and oxygen atoms in total. The van der Waals surface area contributed by atoms with Gasteiger partial charge in [0.25, 0.3) is 0 Å². The van der Waals surface area contributed by atoms with E-state index in [-0.39, 0.29) is 24.7 Å². The van der Waals surface area contributed by atoms with Crippen LogP contribution in [0.15, 0.2) is 0 Å². The zero-order chi connectivity index (χ0) is 25.7. The summed E-state index contributed by atoms with van der Waals surface area (Å²) in [6.45, 7) is 8.64. The largest absolute Gasteiger partial charge is 0.481 e. The van der Waals surface area contributed by atoms with Crippen LogP contribution in [0, 0.1) is 29.6 Å². The average Bonchev–Trinajstić information content (AvgIpc) is 3.15. The number of nitrogens with zero attached hydrogens (tertiary/aromatic N) is 5. The molecular formula is C25H32F3N5O2. The summed E-state index contributed by atoms with van der Waals surface area (Å²) < 4.78 is 41.2. The second kappa shape index (κ2) is 8.99. The molecular weight excluding hydrogens is 459 g/mol. The smallest absolute Gasteiger partial charge is 0.391 e. The van der Waals surface area contributed by atoms with Crippen molar-refractivity contribution in [1.29, 1.82) is 5.26 Å². The first kappa shape index (κ1) is 25.3. The lowest BCUT2D eigenvalue weighted by Crippen LogP contribution is -2.47. The molecule has 35 heavy (non-hydrogen) atoms. The van der Waals surface area contributed by atoms with Crippen LogP contribution >= 0.6 is 0 Å². The summed E-state index contributed by atoms with van der Waals surface area (Å²) in [6.07, 6.45) is -2.27. The number of carboxylic acids is 1. The van der Waals surface area contributed by atoms with Crippen molar-refractivity contribution in [1.82, 2.24) is 14.6 Å². The number of fused-ring (bicyclic) bond motifs is 1. The fourth-order valence-electron chi connectivity index (χ4n) is 5.83. The summed E-state index contributed by atoms with van der Waals surface area (Å²) in [7, 11) is 0. The second-order valence-electron chi connectivity index (χ2n) is 10.7. The van der Waals surface area contributed by atoms with Crippen LogP contribution in [0.2, 0.25) is 0 Å². The van der Waals surface area contributed by atoms with E-state index < -0.39 is 23.5 Å². The van der Waals surface area contributed by atoms with Gasteiger partial charge in [0.2, 0.25) is 0 Å². The molecule has 2 aromatic rings. The van der Waals surface area contributed by atoms with Crippen LogP contribution in [0.1, 0.15) is 93.6 Å². The summed E-state index contributed by atoms with van der Waals surface area (Å²) >= 11 is 0. The average molecular weight is 492 g/mol. The van der Waals surface area contributed by atoms with E-state index in [0.717, 1.165) is 17.1 Å². The Morgan fingerprint density at radius 1 is 1.26 bits per heavy atom. The highest BCUT2D eigenvalue weighted by atomic mass is 19.4. The van der Waals surface area contributed by atoms with Gasteiger partial charge in [0.15, 0.2) is 5.65 Å². The van der Waals surface area contributed by atoms with Crippen LogP contribution in [-0.4, -0.2) is 44.9 Å². The van der Waals surface area contributed by atoms with Crippen LogP contribution in [0.5, 0.6) is 0 Å². The molecule has 2 aliphatic rings. The summed E-state index contributed by atoms with van der Waals surface area (Å²) in [4.78, 5) is 18.8. The van der Waals surface area contributed by atoms with Crippen molar-refractivity contribution in [3.05, 3.63) is 22.5 Å². The highest BCUT2D eigenvalue weighted by Gasteiger charge is 2.43. The third kappa shape index (κ3) is 4.45. The maximum Gasteiger partial charge on any atom is 0.391 e. The van der Waals surface area contributed by atoms with Crippen LogP contribution < -0.4 is 4.90 Å². The topological polar surface area (TPSA) is 94.5 Å². The number of carboxylic acid groups (broad SMARTS) is 1. The number of piperidine rings is 1. The first-order chi connectivity index (χ1) is 16.4. The number of anilines is 1. The number of rotatable bonds is 4. The van der Waals surface area contributed by atoms with Crippen molar-refractivity contribution in [2.24, 2.45) is 11.3 Å². The normalized spacial score (nSPS) is 25.7. The van der Waals surface area contributed by atoms with E-state index in [1.165, 1.54) is 0 Å². The van der Waals surface area contributed by atoms with Gasteiger partial charge in [0.1, 0.15) is 17.5 Å². The van der Waals surface area contributed by atoms with Gasteiger partial charge in [-0.15, -0.1) is 0 Å². The number of halogens is 3. The molecule has 3 heterocycles. The van der Waals surface area contributed by atoms with E-state index in [0.29, 0.717) is 55.7 Å². The minimum absolute atomic E-state index is 0.0204. The Balaban J connectivity index is 1.84. The fraction of sp³-hybridized carbons (Fsp3) is 0.680. The Morgan fingerprint density at radius 2 is 1.91 bits per heavy atom. The number of aliphatic carboxylic acids is 1. The van der Waals surface area contributed by atoms with Gasteiger partial charge < -0.3 is 10.0 Å². The zero-order valence-electron chi connectivity index (χ0n) is 20.6. The van der Waals surface area contributed by atoms with E-state index in [1.54, 1.807) is 11.4 Å². The summed E-state index contributed by atoms with van der Waals surface area (Å²) in [5, 5.41) is 24.7. The number of carbonyl (C=O) groups is 1. The van der Waals surface area contributed by atoms with Gasteiger partial charge in [-0.1, -0.05) is 13.8 Å². The Labute approximate surface area is 202 Å². The van der Waals surface area contributed by atoms with E-state index in [2.05, 4.69) is 6.07 Å². The standard InChI is InChI=1S/C25H32F3N5O2/c1-14(2)19-15(3)30-21-18(12-29)20(16-6-8-17(9-7-16)25(26,27)28)31-33(21)22(19)32-11-5-10-24(4,13-32)23(34)35/h14,16-17H,5-11,13H2,1-4H3,(H,34,35)/t16-,17-,24-/m0/s1. The molecule has 4 rings (SSSR count). The third-order valence-electron chi connectivity index (χ3n) is 7.77. The quantitative estimate of drug-likeness (QED) is 0.602. The summed E-state index contributed by atoms with van der Waals surface area (Å²) in [5.41, 5.74) is 1.96. The lowest BCUT2D eigenvalue weighted by atomic mass is 9.79. The molecule has 1 N–H and O–H groups in total. The minimum Gasteiger partial charge on any atom is -0.481 e. The Hall–Kier alpha value is -2.83. The number of aryl methyl sites for hydroxylation is 1. The molecule has 0 bridgehead atoms. The molecule has 0 amide bonds. The van der Waals surface area contributed by atoms with Crippen LogP contribution in [0.25, 0.3) is 5.65 Å². The number of nitriles is 1. The van der Waals surface area contributed by atoms with Gasteiger partial charge in [-0.25, -0.2) is 4.98 Å². The fourth-order valence-corrected chi connectivity index (χ4v) is 5.83. The molecule has 0 aromatic carbocycles. The highest BCUT2D eigenvalue weighted by molar-refractivity contribution is 5.76. The molecule has 1 saturated heterocycles. The van der Waals surface area contributed by atoms with Crippen LogP contribution in [0.3, 0.4) is 0 Å². The molecule has 1 saturated carbocycles. The minimum atomic E-state index is -4.20. The molecule has 190 valence electrons. The second-order valence-corrected chi connectivity index (χ2v) is 10.7. The molecule has 10 heteroatoms. The van der Waals surface area contributed by atoms with Gasteiger partial charge in [-0.3, -0.25) is 4.79 Å². The van der Waals surface area contributed by atoms with Crippen LogP contribution in [0.4, 0.5) is 19.0 Å². The molecule has 0 radical (unpaired) electrons. The van der Waals surface area contributed by atoms with Crippen molar-refractivity contribution in [2.45, 2.75) is 84.2 Å². The molecule has 0 unspecified atom stereocenters. The van der Waals surface area contributed by atoms with Gasteiger partial charge in [0, 0.05) is 30.3 Å². The summed E-state index contributed by atoms with van der Waals surface area (Å²) in [6, 6.07) is 2.22. The van der Waals surface area contributed by atoms with Crippen molar-refractivity contribution in [3.8, 4) is 6.07 Å². The number of hydrogen-bond donors (Lipinski definition) is 1. The Bertz CT molecular complexity index is 1170. The SMILES string of the molecule is Cc1nc2c(C#N)c([C@H]3CC[C@H](C(F)(F)F)CC3)nn2c(N2CCC[C@](C)(C(=O)O)C2)c1C(C)C. The maximum atomic E-state index is 13.2. The monoisotopic (exact) mass is 491 g/mol. The first-order valence-corrected chi connectivity index (χ1v) is 12.3. The lowest BCUT2D eigenvalue weighted by molar-refractivity contribution is -0.182. The highest BCUT2D eigenvalue weighted by Crippen LogP contribution is 2.44. The van der Waals surface area contributed by atoms with E-state index in [4.69, 9.17) is 10.1 Å².